The number of rotatable bonds is 6. The third-order valence-electron chi connectivity index (χ3n) is 4.85. The summed E-state index contributed by atoms with van der Waals surface area (Å²) in [6, 6.07) is 17.7. The standard InChI is InChI=1S/C24H22N4O2/c1-16-5-3-4-6-19(16)13-23(29)27-20-8-7-17(2)21(14-20)28-24-26-15-22(30-24)18-9-11-25-12-10-18/h3-12,14-15H,13H2,1-2H3,(H,26,28)(H,27,29). The Labute approximate surface area is 175 Å². The maximum absolute atomic E-state index is 12.5. The lowest BCUT2D eigenvalue weighted by Crippen LogP contribution is -2.15. The molecule has 6 nitrogen and oxygen atoms in total. The number of carbonyl (C=O) groups is 1. The quantitative estimate of drug-likeness (QED) is 0.462. The zero-order chi connectivity index (χ0) is 20.9. The Morgan fingerprint density at radius 2 is 1.80 bits per heavy atom. The van der Waals surface area contributed by atoms with Crippen LogP contribution >= 0.6 is 0 Å². The van der Waals surface area contributed by atoms with Gasteiger partial charge in [0.15, 0.2) is 5.76 Å². The van der Waals surface area contributed by atoms with Gasteiger partial charge < -0.3 is 15.1 Å². The average molecular weight is 398 g/mol. The van der Waals surface area contributed by atoms with Crippen LogP contribution in [0.1, 0.15) is 16.7 Å². The van der Waals surface area contributed by atoms with Gasteiger partial charge in [0, 0.05) is 29.3 Å². The monoisotopic (exact) mass is 398 g/mol. The molecule has 2 heterocycles. The normalized spacial score (nSPS) is 10.6. The maximum Gasteiger partial charge on any atom is 0.299 e. The summed E-state index contributed by atoms with van der Waals surface area (Å²) in [4.78, 5) is 20.8. The van der Waals surface area contributed by atoms with Gasteiger partial charge in [0.2, 0.25) is 5.91 Å². The van der Waals surface area contributed by atoms with E-state index >= 15 is 0 Å². The summed E-state index contributed by atoms with van der Waals surface area (Å²) in [6.07, 6.45) is 5.41. The van der Waals surface area contributed by atoms with Crippen molar-refractivity contribution in [1.82, 2.24) is 9.97 Å². The van der Waals surface area contributed by atoms with Crippen LogP contribution in [0.4, 0.5) is 17.4 Å². The second-order valence-corrected chi connectivity index (χ2v) is 7.07. The number of nitrogens with one attached hydrogen (secondary N) is 2. The molecular weight excluding hydrogens is 376 g/mol. The number of anilines is 3. The van der Waals surface area contributed by atoms with Crippen molar-refractivity contribution in [2.45, 2.75) is 20.3 Å². The molecule has 2 aromatic heterocycles. The third kappa shape index (κ3) is 4.55. The second-order valence-electron chi connectivity index (χ2n) is 7.07. The molecular formula is C24H22N4O2. The molecule has 0 saturated carbocycles. The minimum absolute atomic E-state index is 0.0600. The van der Waals surface area contributed by atoms with Gasteiger partial charge in [-0.05, 0) is 54.8 Å². The second kappa shape index (κ2) is 8.61. The molecule has 150 valence electrons. The van der Waals surface area contributed by atoms with E-state index in [1.54, 1.807) is 18.6 Å². The van der Waals surface area contributed by atoms with Crippen LogP contribution in [0.5, 0.6) is 0 Å². The predicted molar refractivity (Wildman–Crippen MR) is 118 cm³/mol. The SMILES string of the molecule is Cc1ccccc1CC(=O)Nc1ccc(C)c(Nc2ncc(-c3ccncc3)o2)c1. The van der Waals surface area contributed by atoms with Crippen molar-refractivity contribution < 1.29 is 9.21 Å². The number of nitrogens with zero attached hydrogens (tertiary/aromatic N) is 2. The molecule has 0 aliphatic rings. The Bertz CT molecular complexity index is 1170. The lowest BCUT2D eigenvalue weighted by Gasteiger charge is -2.11. The van der Waals surface area contributed by atoms with Gasteiger partial charge in [0.1, 0.15) is 0 Å². The van der Waals surface area contributed by atoms with Crippen molar-refractivity contribution in [3.63, 3.8) is 0 Å². The number of aromatic nitrogens is 2. The number of oxazole rings is 1. The number of hydrogen-bond donors (Lipinski definition) is 2. The fourth-order valence-electron chi connectivity index (χ4n) is 3.12. The van der Waals surface area contributed by atoms with E-state index in [1.807, 2.05) is 68.4 Å². The Kier molecular flexibility index (Phi) is 5.57. The summed E-state index contributed by atoms with van der Waals surface area (Å²) >= 11 is 0. The van der Waals surface area contributed by atoms with Crippen molar-refractivity contribution >= 4 is 23.3 Å². The van der Waals surface area contributed by atoms with Crippen LogP contribution in [0.2, 0.25) is 0 Å². The molecule has 6 heteroatoms. The number of benzene rings is 2. The van der Waals surface area contributed by atoms with Crippen LogP contribution in [0.3, 0.4) is 0 Å². The Hall–Kier alpha value is -3.93. The van der Waals surface area contributed by atoms with E-state index in [0.29, 0.717) is 23.9 Å². The molecule has 2 N–H and O–H groups in total. The molecule has 0 saturated heterocycles. The molecule has 0 fully saturated rings. The average Bonchev–Trinajstić information content (AvgIpc) is 3.21. The molecule has 0 aliphatic heterocycles. The van der Waals surface area contributed by atoms with Gasteiger partial charge in [-0.1, -0.05) is 30.3 Å². The van der Waals surface area contributed by atoms with Gasteiger partial charge in [-0.25, -0.2) is 4.98 Å². The van der Waals surface area contributed by atoms with E-state index in [9.17, 15) is 4.79 Å². The first kappa shape index (κ1) is 19.4. The van der Waals surface area contributed by atoms with Gasteiger partial charge in [0.25, 0.3) is 6.01 Å². The highest BCUT2D eigenvalue weighted by Crippen LogP contribution is 2.27. The molecule has 0 bridgehead atoms. The number of hydrogen-bond acceptors (Lipinski definition) is 5. The van der Waals surface area contributed by atoms with Crippen molar-refractivity contribution in [1.29, 1.82) is 0 Å². The zero-order valence-corrected chi connectivity index (χ0v) is 16.8. The highest BCUT2D eigenvalue weighted by atomic mass is 16.4. The van der Waals surface area contributed by atoms with Crippen LogP contribution in [0, 0.1) is 13.8 Å². The highest BCUT2D eigenvalue weighted by molar-refractivity contribution is 5.93. The van der Waals surface area contributed by atoms with E-state index in [-0.39, 0.29) is 5.91 Å². The molecule has 4 aromatic rings. The number of carbonyl (C=O) groups excluding carboxylic acids is 1. The van der Waals surface area contributed by atoms with Crippen LogP contribution in [-0.2, 0) is 11.2 Å². The van der Waals surface area contributed by atoms with E-state index in [0.717, 1.165) is 27.9 Å². The Balaban J connectivity index is 1.46. The molecule has 0 unspecified atom stereocenters. The number of amides is 1. The van der Waals surface area contributed by atoms with Gasteiger partial charge in [-0.3, -0.25) is 9.78 Å². The van der Waals surface area contributed by atoms with Crippen LogP contribution in [0.15, 0.2) is 77.6 Å². The van der Waals surface area contributed by atoms with Crippen LogP contribution in [-0.4, -0.2) is 15.9 Å². The first-order valence-corrected chi connectivity index (χ1v) is 9.67. The summed E-state index contributed by atoms with van der Waals surface area (Å²) in [5, 5.41) is 6.16. The topological polar surface area (TPSA) is 80.0 Å². The summed E-state index contributed by atoms with van der Waals surface area (Å²) in [5.41, 5.74) is 5.56. The molecule has 1 amide bonds. The summed E-state index contributed by atoms with van der Waals surface area (Å²) < 4.78 is 5.80. The Morgan fingerprint density at radius 3 is 2.60 bits per heavy atom. The van der Waals surface area contributed by atoms with Crippen molar-refractivity contribution in [2.75, 3.05) is 10.6 Å². The summed E-state index contributed by atoms with van der Waals surface area (Å²) in [6.45, 7) is 3.99. The zero-order valence-electron chi connectivity index (χ0n) is 16.8. The number of pyridine rings is 1. The van der Waals surface area contributed by atoms with Crippen LogP contribution in [0.25, 0.3) is 11.3 Å². The minimum Gasteiger partial charge on any atom is -0.423 e. The van der Waals surface area contributed by atoms with Crippen LogP contribution < -0.4 is 10.6 Å². The molecule has 4 rings (SSSR count). The summed E-state index contributed by atoms with van der Waals surface area (Å²) in [7, 11) is 0. The molecule has 0 aliphatic carbocycles. The molecule has 0 spiro atoms. The highest BCUT2D eigenvalue weighted by Gasteiger charge is 2.10. The minimum atomic E-state index is -0.0600. The fraction of sp³-hybridized carbons (Fsp3) is 0.125. The van der Waals surface area contributed by atoms with E-state index in [4.69, 9.17) is 4.42 Å². The van der Waals surface area contributed by atoms with E-state index in [1.165, 1.54) is 0 Å². The number of aryl methyl sites for hydroxylation is 2. The molecule has 0 radical (unpaired) electrons. The smallest absolute Gasteiger partial charge is 0.299 e. The van der Waals surface area contributed by atoms with Gasteiger partial charge in [-0.2, -0.15) is 0 Å². The summed E-state index contributed by atoms with van der Waals surface area (Å²) in [5.74, 6) is 0.593. The first-order chi connectivity index (χ1) is 14.6. The molecule has 30 heavy (non-hydrogen) atoms. The van der Waals surface area contributed by atoms with Crippen molar-refractivity contribution in [3.8, 4) is 11.3 Å². The van der Waals surface area contributed by atoms with E-state index < -0.39 is 0 Å². The third-order valence-corrected chi connectivity index (χ3v) is 4.85. The fourth-order valence-corrected chi connectivity index (χ4v) is 3.12. The van der Waals surface area contributed by atoms with Gasteiger partial charge in [-0.15, -0.1) is 0 Å². The lowest BCUT2D eigenvalue weighted by atomic mass is 10.1. The largest absolute Gasteiger partial charge is 0.423 e. The maximum atomic E-state index is 12.5. The lowest BCUT2D eigenvalue weighted by molar-refractivity contribution is -0.115. The van der Waals surface area contributed by atoms with Gasteiger partial charge >= 0.3 is 0 Å². The van der Waals surface area contributed by atoms with Gasteiger partial charge in [0.05, 0.1) is 12.6 Å². The van der Waals surface area contributed by atoms with Crippen molar-refractivity contribution in [2.24, 2.45) is 0 Å². The predicted octanol–water partition coefficient (Wildman–Crippen LogP) is 5.28. The van der Waals surface area contributed by atoms with Crippen molar-refractivity contribution in [3.05, 3.63) is 89.9 Å². The first-order valence-electron chi connectivity index (χ1n) is 9.67. The van der Waals surface area contributed by atoms with E-state index in [2.05, 4.69) is 20.6 Å². The molecule has 0 atom stereocenters. The Morgan fingerprint density at radius 1 is 1.00 bits per heavy atom. The molecule has 2 aromatic carbocycles.